The first-order chi connectivity index (χ1) is 12.2. The molecule has 1 heterocycles. The third-order valence-corrected chi connectivity index (χ3v) is 5.32. The topological polar surface area (TPSA) is 50.7 Å². The summed E-state index contributed by atoms with van der Waals surface area (Å²) in [7, 11) is 1.66. The number of nitrogens with zero attached hydrogens (tertiary/aromatic N) is 1. The maximum Gasteiger partial charge on any atom is 0.239 e. The van der Waals surface area contributed by atoms with Crippen LogP contribution >= 0.6 is 11.8 Å². The van der Waals surface area contributed by atoms with E-state index < -0.39 is 0 Å². The van der Waals surface area contributed by atoms with E-state index in [2.05, 4.69) is 22.4 Å². The minimum Gasteiger partial charge on any atom is -0.497 e. The largest absolute Gasteiger partial charge is 0.497 e. The highest BCUT2D eigenvalue weighted by Crippen LogP contribution is 2.24. The molecule has 0 bridgehead atoms. The lowest BCUT2D eigenvalue weighted by Gasteiger charge is -2.06. The Morgan fingerprint density at radius 2 is 1.76 bits per heavy atom. The molecule has 25 heavy (non-hydrogen) atoms. The van der Waals surface area contributed by atoms with Gasteiger partial charge in [-0.1, -0.05) is 54.2 Å². The lowest BCUT2D eigenvalue weighted by molar-refractivity contribution is -0.118. The molecule has 1 N–H and O–H groups in total. The van der Waals surface area contributed by atoms with E-state index in [4.69, 9.17) is 4.74 Å². The molecule has 130 valence electrons. The molecule has 0 saturated carbocycles. The van der Waals surface area contributed by atoms with E-state index >= 15 is 0 Å². The predicted molar refractivity (Wildman–Crippen MR) is 103 cm³/mol. The van der Waals surface area contributed by atoms with E-state index in [1.807, 2.05) is 42.5 Å². The number of ether oxygens (including phenoxy) is 1. The van der Waals surface area contributed by atoms with Crippen molar-refractivity contribution in [3.8, 4) is 5.75 Å². The van der Waals surface area contributed by atoms with Gasteiger partial charge in [0.25, 0.3) is 0 Å². The molecule has 0 radical (unpaired) electrons. The highest BCUT2D eigenvalue weighted by Gasteiger charge is 2.29. The van der Waals surface area contributed by atoms with Crippen molar-refractivity contribution in [1.82, 2.24) is 5.32 Å². The van der Waals surface area contributed by atoms with Gasteiger partial charge in [-0.25, -0.2) is 0 Å². The van der Waals surface area contributed by atoms with Crippen LogP contribution in [0.4, 0.5) is 0 Å². The number of rotatable bonds is 7. The summed E-state index contributed by atoms with van der Waals surface area (Å²) in [4.78, 5) is 16.6. The van der Waals surface area contributed by atoms with E-state index in [0.717, 1.165) is 30.2 Å². The van der Waals surface area contributed by atoms with Crippen molar-refractivity contribution in [3.63, 3.8) is 0 Å². The second-order valence-corrected chi connectivity index (χ2v) is 7.10. The third kappa shape index (κ3) is 5.10. The number of nitrogens with one attached hydrogen (secondary N) is 1. The number of thioether (sulfide) groups is 1. The van der Waals surface area contributed by atoms with Gasteiger partial charge in [-0.2, -0.15) is 0 Å². The van der Waals surface area contributed by atoms with E-state index in [9.17, 15) is 4.79 Å². The fourth-order valence-corrected chi connectivity index (χ4v) is 3.69. The highest BCUT2D eigenvalue weighted by atomic mass is 32.2. The molecule has 1 aliphatic heterocycles. The van der Waals surface area contributed by atoms with Gasteiger partial charge in [-0.05, 0) is 42.5 Å². The van der Waals surface area contributed by atoms with Crippen molar-refractivity contribution in [2.24, 2.45) is 4.99 Å². The van der Waals surface area contributed by atoms with Crippen LogP contribution in [0.2, 0.25) is 0 Å². The van der Waals surface area contributed by atoms with Crippen LogP contribution in [0.1, 0.15) is 17.5 Å². The summed E-state index contributed by atoms with van der Waals surface area (Å²) in [5.41, 5.74) is 2.47. The third-order valence-electron chi connectivity index (χ3n) is 4.13. The predicted octanol–water partition coefficient (Wildman–Crippen LogP) is 3.46. The van der Waals surface area contributed by atoms with E-state index in [0.29, 0.717) is 6.54 Å². The Balaban J connectivity index is 1.47. The number of hydrogen-bond donors (Lipinski definition) is 1. The van der Waals surface area contributed by atoms with Gasteiger partial charge >= 0.3 is 0 Å². The van der Waals surface area contributed by atoms with Crippen LogP contribution < -0.4 is 10.1 Å². The molecule has 0 aromatic heterocycles. The summed E-state index contributed by atoms with van der Waals surface area (Å²) in [6.45, 7) is 0.692. The van der Waals surface area contributed by atoms with Crippen molar-refractivity contribution in [2.75, 3.05) is 13.7 Å². The van der Waals surface area contributed by atoms with E-state index in [1.54, 1.807) is 18.9 Å². The van der Waals surface area contributed by atoms with Crippen LogP contribution in [0, 0.1) is 0 Å². The van der Waals surface area contributed by atoms with Gasteiger partial charge in [-0.3, -0.25) is 9.79 Å². The Kier molecular flexibility index (Phi) is 6.12. The number of benzene rings is 2. The normalized spacial score (nSPS) is 18.4. The van der Waals surface area contributed by atoms with Crippen LogP contribution in [0.3, 0.4) is 0 Å². The summed E-state index contributed by atoms with van der Waals surface area (Å²) in [6, 6.07) is 18.3. The van der Waals surface area contributed by atoms with Gasteiger partial charge in [0.05, 0.1) is 12.4 Å². The second-order valence-electron chi connectivity index (χ2n) is 5.90. The average molecular weight is 354 g/mol. The van der Waals surface area contributed by atoms with Gasteiger partial charge < -0.3 is 10.1 Å². The number of carbonyl (C=O) groups excluding carboxylic acids is 1. The Hall–Kier alpha value is -2.27. The van der Waals surface area contributed by atoms with E-state index in [1.165, 1.54) is 11.1 Å². The molecule has 0 aliphatic carbocycles. The first-order valence-electron chi connectivity index (χ1n) is 8.43. The molecule has 4 nitrogen and oxygen atoms in total. The molecule has 1 amide bonds. The zero-order chi connectivity index (χ0) is 17.5. The Morgan fingerprint density at radius 3 is 2.48 bits per heavy atom. The standard InChI is InChI=1S/C20H22N2O2S/c1-24-17-10-7-16(8-11-17)9-12-18-19(23)22-20(25-18)21-14-13-15-5-3-2-4-6-15/h2-8,10-11,18H,9,12-14H2,1H3,(H,21,22,23). The minimum atomic E-state index is -0.0578. The van der Waals surface area contributed by atoms with Crippen molar-refractivity contribution in [1.29, 1.82) is 0 Å². The minimum absolute atomic E-state index is 0.0578. The number of methoxy groups -OCH3 is 1. The summed E-state index contributed by atoms with van der Waals surface area (Å²) in [5, 5.41) is 3.59. The molecule has 2 aromatic rings. The molecule has 1 fully saturated rings. The molecule has 5 heteroatoms. The highest BCUT2D eigenvalue weighted by molar-refractivity contribution is 8.15. The number of amidine groups is 1. The Labute approximate surface area is 152 Å². The smallest absolute Gasteiger partial charge is 0.239 e. The Bertz CT molecular complexity index is 729. The van der Waals surface area contributed by atoms with Crippen molar-refractivity contribution < 1.29 is 9.53 Å². The number of hydrogen-bond acceptors (Lipinski definition) is 4. The van der Waals surface area contributed by atoms with Crippen LogP contribution in [0.15, 0.2) is 59.6 Å². The zero-order valence-corrected chi connectivity index (χ0v) is 15.1. The molecular weight excluding hydrogens is 332 g/mol. The fraction of sp³-hybridized carbons (Fsp3) is 0.300. The van der Waals surface area contributed by atoms with Gasteiger partial charge in [-0.15, -0.1) is 0 Å². The number of carbonyl (C=O) groups is 1. The van der Waals surface area contributed by atoms with E-state index in [-0.39, 0.29) is 11.2 Å². The van der Waals surface area contributed by atoms with Crippen LogP contribution in [-0.2, 0) is 17.6 Å². The molecule has 1 atom stereocenters. The summed E-state index contributed by atoms with van der Waals surface area (Å²) in [5.74, 6) is 0.918. The SMILES string of the molecule is COc1ccc(CCC2SC(=NCCc3ccccc3)NC2=O)cc1. The van der Waals surface area contributed by atoms with Gasteiger partial charge in [0.15, 0.2) is 5.17 Å². The molecular formula is C20H22N2O2S. The quantitative estimate of drug-likeness (QED) is 0.828. The molecule has 0 spiro atoms. The molecule has 2 aromatic carbocycles. The maximum atomic E-state index is 12.1. The number of amides is 1. The second kappa shape index (κ2) is 8.72. The lowest BCUT2D eigenvalue weighted by atomic mass is 10.1. The molecule has 3 rings (SSSR count). The van der Waals surface area contributed by atoms with Crippen LogP contribution in [0.25, 0.3) is 0 Å². The summed E-state index contributed by atoms with van der Waals surface area (Å²) >= 11 is 1.55. The summed E-state index contributed by atoms with van der Waals surface area (Å²) in [6.07, 6.45) is 2.56. The fourth-order valence-electron chi connectivity index (χ4n) is 2.69. The maximum absolute atomic E-state index is 12.1. The first kappa shape index (κ1) is 17.5. The first-order valence-corrected chi connectivity index (χ1v) is 9.31. The van der Waals surface area contributed by atoms with Gasteiger partial charge in [0.1, 0.15) is 5.75 Å². The average Bonchev–Trinajstić information content (AvgIpc) is 3.01. The zero-order valence-electron chi connectivity index (χ0n) is 14.3. The summed E-state index contributed by atoms with van der Waals surface area (Å²) < 4.78 is 5.16. The molecule has 1 saturated heterocycles. The Morgan fingerprint density at radius 1 is 1.04 bits per heavy atom. The van der Waals surface area contributed by atoms with Gasteiger partial charge in [0.2, 0.25) is 5.91 Å². The molecule has 1 aliphatic rings. The van der Waals surface area contributed by atoms with Crippen LogP contribution in [0.5, 0.6) is 5.75 Å². The van der Waals surface area contributed by atoms with Crippen molar-refractivity contribution in [3.05, 3.63) is 65.7 Å². The van der Waals surface area contributed by atoms with Crippen molar-refractivity contribution in [2.45, 2.75) is 24.5 Å². The number of aryl methyl sites for hydroxylation is 1. The van der Waals surface area contributed by atoms with Crippen molar-refractivity contribution >= 4 is 22.8 Å². The van der Waals surface area contributed by atoms with Gasteiger partial charge in [0, 0.05) is 6.54 Å². The molecule has 1 unspecified atom stereocenters. The lowest BCUT2D eigenvalue weighted by Crippen LogP contribution is -2.25. The number of aliphatic imine (C=N–C) groups is 1. The monoisotopic (exact) mass is 354 g/mol. The van der Waals surface area contributed by atoms with Crippen LogP contribution in [-0.4, -0.2) is 30.0 Å².